The quantitative estimate of drug-likeness (QED) is 0.194. The van der Waals surface area contributed by atoms with E-state index >= 15 is 0 Å². The Hall–Kier alpha value is -5.64. The zero-order chi connectivity index (χ0) is 29.5. The molecule has 0 aliphatic heterocycles. The van der Waals surface area contributed by atoms with E-state index in [0.717, 1.165) is 5.69 Å². The van der Waals surface area contributed by atoms with Crippen LogP contribution in [0.1, 0.15) is 0 Å². The molecule has 0 N–H and O–H groups in total. The summed E-state index contributed by atoms with van der Waals surface area (Å²) in [5, 5.41) is 7.74. The summed E-state index contributed by atoms with van der Waals surface area (Å²) in [4.78, 5) is 0. The maximum atomic E-state index is 2.45. The van der Waals surface area contributed by atoms with Crippen molar-refractivity contribution in [3.8, 4) is 22.5 Å². The first-order valence-electron chi connectivity index (χ1n) is 15.4. The molecule has 3 aromatic heterocycles. The first-order chi connectivity index (χ1) is 22.3. The number of hydrogen-bond donors (Lipinski definition) is 0. The molecule has 0 atom stereocenters. The topological polar surface area (TPSA) is 9.86 Å². The smallest absolute Gasteiger partial charge is 0.0562 e. The molecule has 0 saturated carbocycles. The number of benzene rings is 7. The molecule has 45 heavy (non-hydrogen) atoms. The first kappa shape index (κ1) is 24.8. The number of fused-ring (bicyclic) bond motifs is 9. The highest BCUT2D eigenvalue weighted by atomic mass is 32.1. The van der Waals surface area contributed by atoms with Gasteiger partial charge in [-0.1, -0.05) is 97.1 Å². The van der Waals surface area contributed by atoms with Gasteiger partial charge in [0.05, 0.1) is 22.1 Å². The fourth-order valence-corrected chi connectivity index (χ4v) is 8.52. The van der Waals surface area contributed by atoms with Gasteiger partial charge in [-0.2, -0.15) is 0 Å². The average Bonchev–Trinajstić information content (AvgIpc) is 3.75. The number of aromatic nitrogens is 2. The monoisotopic (exact) mass is 590 g/mol. The molecule has 210 valence electrons. The highest BCUT2D eigenvalue weighted by Crippen LogP contribution is 2.42. The zero-order valence-corrected chi connectivity index (χ0v) is 25.1. The molecule has 0 aliphatic carbocycles. The van der Waals surface area contributed by atoms with Crippen LogP contribution in [0.15, 0.2) is 158 Å². The maximum absolute atomic E-state index is 2.45. The summed E-state index contributed by atoms with van der Waals surface area (Å²) in [7, 11) is 0. The highest BCUT2D eigenvalue weighted by Gasteiger charge is 2.19. The van der Waals surface area contributed by atoms with E-state index in [1.165, 1.54) is 80.6 Å². The minimum Gasteiger partial charge on any atom is -0.309 e. The summed E-state index contributed by atoms with van der Waals surface area (Å²) in [5.41, 5.74) is 9.70. The van der Waals surface area contributed by atoms with Gasteiger partial charge >= 0.3 is 0 Å². The van der Waals surface area contributed by atoms with Gasteiger partial charge in [0.15, 0.2) is 0 Å². The predicted molar refractivity (Wildman–Crippen MR) is 193 cm³/mol. The van der Waals surface area contributed by atoms with Crippen LogP contribution in [-0.2, 0) is 0 Å². The summed E-state index contributed by atoms with van der Waals surface area (Å²) in [6, 6.07) is 57.7. The molecule has 0 unspecified atom stereocenters. The third-order valence-electron chi connectivity index (χ3n) is 9.30. The van der Waals surface area contributed by atoms with Crippen LogP contribution >= 0.6 is 11.3 Å². The Morgan fingerprint density at radius 1 is 0.356 bits per heavy atom. The van der Waals surface area contributed by atoms with E-state index < -0.39 is 0 Å². The van der Waals surface area contributed by atoms with Crippen LogP contribution < -0.4 is 0 Å². The van der Waals surface area contributed by atoms with Crippen molar-refractivity contribution in [3.63, 3.8) is 0 Å². The van der Waals surface area contributed by atoms with E-state index in [9.17, 15) is 0 Å². The minimum absolute atomic E-state index is 1.16. The summed E-state index contributed by atoms with van der Waals surface area (Å²) in [5.74, 6) is 0. The van der Waals surface area contributed by atoms with Crippen molar-refractivity contribution in [2.75, 3.05) is 0 Å². The molecule has 2 nitrogen and oxygen atoms in total. The van der Waals surface area contributed by atoms with Gasteiger partial charge in [-0.15, -0.1) is 11.3 Å². The molecule has 0 amide bonds. The summed E-state index contributed by atoms with van der Waals surface area (Å²) >= 11 is 1.87. The van der Waals surface area contributed by atoms with Crippen molar-refractivity contribution in [1.29, 1.82) is 0 Å². The zero-order valence-electron chi connectivity index (χ0n) is 24.3. The molecule has 0 spiro atoms. The Balaban J connectivity index is 1.28. The van der Waals surface area contributed by atoms with Gasteiger partial charge in [-0.3, -0.25) is 0 Å². The van der Waals surface area contributed by atoms with E-state index in [1.807, 2.05) is 11.3 Å². The lowest BCUT2D eigenvalue weighted by atomic mass is 9.99. The molecule has 10 aromatic rings. The van der Waals surface area contributed by atoms with Crippen molar-refractivity contribution in [3.05, 3.63) is 158 Å². The lowest BCUT2D eigenvalue weighted by Crippen LogP contribution is -1.96. The Labute approximate surface area is 263 Å². The molecule has 0 fully saturated rings. The maximum Gasteiger partial charge on any atom is 0.0562 e. The molecular formula is C42H26N2S. The molecule has 3 heteroatoms. The molecular weight excluding hydrogens is 565 g/mol. The second kappa shape index (κ2) is 9.43. The van der Waals surface area contributed by atoms with E-state index in [2.05, 4.69) is 167 Å². The second-order valence-electron chi connectivity index (χ2n) is 11.8. The molecule has 0 radical (unpaired) electrons. The van der Waals surface area contributed by atoms with Gasteiger partial charge in [0.1, 0.15) is 0 Å². The SMILES string of the molecule is c1ccc(-n2c3ccccc3c3cc4c5ccccc5n(-c5cccc(-c6cccc7sc8ccccc8c67)c5)c4cc32)cc1. The van der Waals surface area contributed by atoms with E-state index in [-0.39, 0.29) is 0 Å². The van der Waals surface area contributed by atoms with Crippen molar-refractivity contribution >= 4 is 75.1 Å². The number of nitrogens with zero attached hydrogens (tertiary/aromatic N) is 2. The number of thiophene rings is 1. The molecule has 3 heterocycles. The molecule has 7 aromatic carbocycles. The second-order valence-corrected chi connectivity index (χ2v) is 12.8. The average molecular weight is 591 g/mol. The third-order valence-corrected chi connectivity index (χ3v) is 10.4. The van der Waals surface area contributed by atoms with Crippen LogP contribution in [0.2, 0.25) is 0 Å². The number of hydrogen-bond acceptors (Lipinski definition) is 1. The molecule has 0 saturated heterocycles. The Morgan fingerprint density at radius 2 is 0.933 bits per heavy atom. The summed E-state index contributed by atoms with van der Waals surface area (Å²) in [6.07, 6.45) is 0. The van der Waals surface area contributed by atoms with E-state index in [4.69, 9.17) is 0 Å². The molecule has 10 rings (SSSR count). The Bertz CT molecular complexity index is 2760. The molecule has 0 bridgehead atoms. The van der Waals surface area contributed by atoms with Gasteiger partial charge in [-0.05, 0) is 71.8 Å². The number of rotatable bonds is 3. The van der Waals surface area contributed by atoms with Crippen LogP contribution in [0.5, 0.6) is 0 Å². The summed E-state index contributed by atoms with van der Waals surface area (Å²) < 4.78 is 7.51. The van der Waals surface area contributed by atoms with Gasteiger partial charge in [0.2, 0.25) is 0 Å². The van der Waals surface area contributed by atoms with Crippen LogP contribution in [0.3, 0.4) is 0 Å². The lowest BCUT2D eigenvalue weighted by molar-refractivity contribution is 1.16. The highest BCUT2D eigenvalue weighted by molar-refractivity contribution is 7.25. The first-order valence-corrected chi connectivity index (χ1v) is 16.2. The van der Waals surface area contributed by atoms with Gasteiger partial charge < -0.3 is 9.13 Å². The van der Waals surface area contributed by atoms with Crippen LogP contribution in [-0.4, -0.2) is 9.13 Å². The van der Waals surface area contributed by atoms with Crippen LogP contribution in [0.4, 0.5) is 0 Å². The Kier molecular flexibility index (Phi) is 5.19. The predicted octanol–water partition coefficient (Wildman–Crippen LogP) is 11.9. The van der Waals surface area contributed by atoms with Gasteiger partial charge in [0.25, 0.3) is 0 Å². The fourth-order valence-electron chi connectivity index (χ4n) is 7.39. The van der Waals surface area contributed by atoms with Crippen molar-refractivity contribution < 1.29 is 0 Å². The normalized spacial score (nSPS) is 12.0. The molecule has 0 aliphatic rings. The minimum atomic E-state index is 1.16. The lowest BCUT2D eigenvalue weighted by Gasteiger charge is -2.12. The standard InChI is InChI=1S/C42H26N2S/c1-2-13-28(14-3-1)43-36-20-7-4-16-31(36)34-25-35-32-17-5-8-21-37(32)44(39(35)26-38(34)43)29-15-10-12-27(24-29)30-19-11-23-41-42(30)33-18-6-9-22-40(33)45-41/h1-26H. The summed E-state index contributed by atoms with van der Waals surface area (Å²) in [6.45, 7) is 0. The van der Waals surface area contributed by atoms with Gasteiger partial charge in [0, 0.05) is 53.1 Å². The van der Waals surface area contributed by atoms with Crippen molar-refractivity contribution in [1.82, 2.24) is 9.13 Å². The Morgan fingerprint density at radius 3 is 1.69 bits per heavy atom. The fraction of sp³-hybridized carbons (Fsp3) is 0. The van der Waals surface area contributed by atoms with Crippen LogP contribution in [0.25, 0.3) is 86.3 Å². The van der Waals surface area contributed by atoms with Crippen molar-refractivity contribution in [2.24, 2.45) is 0 Å². The van der Waals surface area contributed by atoms with Gasteiger partial charge in [-0.25, -0.2) is 0 Å². The van der Waals surface area contributed by atoms with E-state index in [0.29, 0.717) is 0 Å². The largest absolute Gasteiger partial charge is 0.309 e. The van der Waals surface area contributed by atoms with Crippen molar-refractivity contribution in [2.45, 2.75) is 0 Å². The van der Waals surface area contributed by atoms with Crippen LogP contribution in [0, 0.1) is 0 Å². The van der Waals surface area contributed by atoms with E-state index in [1.54, 1.807) is 0 Å². The number of para-hydroxylation sites is 3. The third kappa shape index (κ3) is 3.56.